The summed E-state index contributed by atoms with van der Waals surface area (Å²) in [6.45, 7) is 6.62. The lowest BCUT2D eigenvalue weighted by Gasteiger charge is -2.15. The number of ether oxygens (including phenoxy) is 1. The highest BCUT2D eigenvalue weighted by Crippen LogP contribution is 2.21. The highest BCUT2D eigenvalue weighted by Gasteiger charge is 2.12. The molecule has 1 heterocycles. The molecule has 34 heavy (non-hydrogen) atoms. The molecule has 0 saturated carbocycles. The smallest absolute Gasteiger partial charge is 0.159 e. The predicted molar refractivity (Wildman–Crippen MR) is 142 cm³/mol. The second-order valence-corrected chi connectivity index (χ2v) is 9.91. The molecule has 0 aliphatic heterocycles. The van der Waals surface area contributed by atoms with Gasteiger partial charge in [-0.15, -0.1) is 0 Å². The van der Waals surface area contributed by atoms with Crippen molar-refractivity contribution >= 4 is 0 Å². The fourth-order valence-electron chi connectivity index (χ4n) is 4.45. The van der Waals surface area contributed by atoms with E-state index >= 15 is 0 Å². The van der Waals surface area contributed by atoms with Crippen LogP contribution in [-0.2, 0) is 6.42 Å². The topological polar surface area (TPSA) is 35.0 Å². The summed E-state index contributed by atoms with van der Waals surface area (Å²) in [5, 5.41) is 0. The van der Waals surface area contributed by atoms with Gasteiger partial charge in [-0.25, -0.2) is 14.4 Å². The van der Waals surface area contributed by atoms with Crippen molar-refractivity contribution in [2.45, 2.75) is 117 Å². The molecule has 3 nitrogen and oxygen atoms in total. The van der Waals surface area contributed by atoms with Crippen molar-refractivity contribution < 1.29 is 9.13 Å². The fourth-order valence-corrected chi connectivity index (χ4v) is 4.45. The molecule has 2 aromatic rings. The average molecular weight is 471 g/mol. The summed E-state index contributed by atoms with van der Waals surface area (Å²) >= 11 is 0. The van der Waals surface area contributed by atoms with Crippen LogP contribution in [0.5, 0.6) is 5.75 Å². The molecule has 0 spiro atoms. The zero-order valence-electron chi connectivity index (χ0n) is 21.9. The van der Waals surface area contributed by atoms with Gasteiger partial charge < -0.3 is 4.74 Å². The number of halogens is 1. The minimum atomic E-state index is -0.923. The normalized spacial score (nSPS) is 13.1. The fraction of sp³-hybridized carbons (Fsp3) is 0.667. The van der Waals surface area contributed by atoms with Gasteiger partial charge in [-0.05, 0) is 55.0 Å². The molecule has 1 aromatic heterocycles. The lowest BCUT2D eigenvalue weighted by molar-refractivity contribution is 0.169. The Kier molecular flexibility index (Phi) is 14.5. The van der Waals surface area contributed by atoms with Gasteiger partial charge in [0.05, 0.1) is 0 Å². The maximum Gasteiger partial charge on any atom is 0.159 e. The van der Waals surface area contributed by atoms with Gasteiger partial charge in [0.2, 0.25) is 0 Å². The molecule has 0 N–H and O–H groups in total. The van der Waals surface area contributed by atoms with E-state index < -0.39 is 6.17 Å². The Morgan fingerprint density at radius 2 is 1.38 bits per heavy atom. The standard InChI is InChI=1S/C30H47FN2O/c1-4-6-7-8-9-10-11-12-13-14-16-26-22-32-30(33-23-26)27-17-19-29(20-18-27)34-24-28(31)21-25(3)15-5-2/h17-20,22-23,25,28H,4-16,21,24H2,1-3H3. The summed E-state index contributed by atoms with van der Waals surface area (Å²) in [4.78, 5) is 9.11. The van der Waals surface area contributed by atoms with E-state index in [1.165, 1.54) is 69.8 Å². The monoisotopic (exact) mass is 470 g/mol. The molecule has 2 unspecified atom stereocenters. The third-order valence-electron chi connectivity index (χ3n) is 6.51. The summed E-state index contributed by atoms with van der Waals surface area (Å²) in [5.74, 6) is 1.80. The Labute approximate surface area is 208 Å². The molecule has 0 fully saturated rings. The van der Waals surface area contributed by atoms with Crippen LogP contribution in [0.2, 0.25) is 0 Å². The zero-order chi connectivity index (χ0) is 24.4. The summed E-state index contributed by atoms with van der Waals surface area (Å²) in [6, 6.07) is 7.64. The van der Waals surface area contributed by atoms with E-state index in [2.05, 4.69) is 30.7 Å². The number of nitrogens with zero attached hydrogens (tertiary/aromatic N) is 2. The Bertz CT molecular complexity index is 747. The van der Waals surface area contributed by atoms with E-state index in [0.717, 1.165) is 30.7 Å². The van der Waals surface area contributed by atoms with E-state index in [0.29, 0.717) is 18.1 Å². The van der Waals surface area contributed by atoms with Crippen LogP contribution in [0.4, 0.5) is 4.39 Å². The van der Waals surface area contributed by atoms with Gasteiger partial charge in [0.25, 0.3) is 0 Å². The quantitative estimate of drug-likeness (QED) is 0.192. The first-order valence-electron chi connectivity index (χ1n) is 13.8. The summed E-state index contributed by atoms with van der Waals surface area (Å²) in [6.07, 6.45) is 20.3. The van der Waals surface area contributed by atoms with Gasteiger partial charge in [0.15, 0.2) is 5.82 Å². The van der Waals surface area contributed by atoms with Crippen molar-refractivity contribution in [3.05, 3.63) is 42.2 Å². The Balaban J connectivity index is 1.64. The van der Waals surface area contributed by atoms with Crippen LogP contribution in [0.3, 0.4) is 0 Å². The maximum absolute atomic E-state index is 14.1. The first-order chi connectivity index (χ1) is 16.6. The van der Waals surface area contributed by atoms with Crippen LogP contribution in [0.15, 0.2) is 36.7 Å². The predicted octanol–water partition coefficient (Wildman–Crippen LogP) is 9.15. The average Bonchev–Trinajstić information content (AvgIpc) is 2.85. The molecule has 0 aliphatic carbocycles. The summed E-state index contributed by atoms with van der Waals surface area (Å²) in [7, 11) is 0. The van der Waals surface area contributed by atoms with Crippen molar-refractivity contribution in [2.75, 3.05) is 6.61 Å². The van der Waals surface area contributed by atoms with Crippen LogP contribution < -0.4 is 4.74 Å². The van der Waals surface area contributed by atoms with Crippen molar-refractivity contribution in [2.24, 2.45) is 5.92 Å². The van der Waals surface area contributed by atoms with Gasteiger partial charge in [-0.3, -0.25) is 0 Å². The SMILES string of the molecule is CCCCCCCCCCCCc1cnc(-c2ccc(OCC(F)CC(C)CCC)cc2)nc1. The highest BCUT2D eigenvalue weighted by molar-refractivity contribution is 5.55. The number of rotatable bonds is 19. The van der Waals surface area contributed by atoms with E-state index in [9.17, 15) is 4.39 Å². The molecular weight excluding hydrogens is 423 g/mol. The highest BCUT2D eigenvalue weighted by atomic mass is 19.1. The molecule has 0 radical (unpaired) electrons. The Morgan fingerprint density at radius 3 is 1.97 bits per heavy atom. The lowest BCUT2D eigenvalue weighted by atomic mass is 10.00. The Morgan fingerprint density at radius 1 is 0.794 bits per heavy atom. The second-order valence-electron chi connectivity index (χ2n) is 9.91. The number of hydrogen-bond acceptors (Lipinski definition) is 3. The minimum absolute atomic E-state index is 0.109. The molecule has 4 heteroatoms. The van der Waals surface area contributed by atoms with Crippen LogP contribution in [0.25, 0.3) is 11.4 Å². The third-order valence-corrected chi connectivity index (χ3v) is 6.51. The number of aromatic nitrogens is 2. The number of unbranched alkanes of at least 4 members (excludes halogenated alkanes) is 9. The largest absolute Gasteiger partial charge is 0.491 e. The van der Waals surface area contributed by atoms with Crippen molar-refractivity contribution in [3.63, 3.8) is 0 Å². The van der Waals surface area contributed by atoms with E-state index in [-0.39, 0.29) is 6.61 Å². The zero-order valence-corrected chi connectivity index (χ0v) is 21.9. The van der Waals surface area contributed by atoms with E-state index in [1.807, 2.05) is 36.7 Å². The number of aryl methyl sites for hydroxylation is 1. The molecule has 190 valence electrons. The molecule has 0 amide bonds. The van der Waals surface area contributed by atoms with Gasteiger partial charge in [0, 0.05) is 18.0 Å². The van der Waals surface area contributed by atoms with Crippen LogP contribution >= 0.6 is 0 Å². The van der Waals surface area contributed by atoms with Crippen molar-refractivity contribution in [3.8, 4) is 17.1 Å². The minimum Gasteiger partial charge on any atom is -0.491 e. The van der Waals surface area contributed by atoms with Gasteiger partial charge in [0.1, 0.15) is 18.5 Å². The summed E-state index contributed by atoms with van der Waals surface area (Å²) < 4.78 is 19.8. The van der Waals surface area contributed by atoms with Crippen LogP contribution in [-0.4, -0.2) is 22.7 Å². The van der Waals surface area contributed by atoms with Gasteiger partial charge in [-0.1, -0.05) is 91.4 Å². The van der Waals surface area contributed by atoms with Crippen molar-refractivity contribution in [1.29, 1.82) is 0 Å². The molecule has 0 saturated heterocycles. The maximum atomic E-state index is 14.1. The molecule has 0 bridgehead atoms. The molecule has 2 atom stereocenters. The Hall–Kier alpha value is -1.97. The first-order valence-corrected chi connectivity index (χ1v) is 13.8. The molecular formula is C30H47FN2O. The van der Waals surface area contributed by atoms with E-state index in [1.54, 1.807) is 0 Å². The number of hydrogen-bond donors (Lipinski definition) is 0. The summed E-state index contributed by atoms with van der Waals surface area (Å²) in [5.41, 5.74) is 2.15. The van der Waals surface area contributed by atoms with Crippen LogP contribution in [0.1, 0.15) is 110 Å². The first kappa shape index (κ1) is 28.3. The molecule has 0 aliphatic rings. The third kappa shape index (κ3) is 11.9. The number of benzene rings is 1. The van der Waals surface area contributed by atoms with Crippen molar-refractivity contribution in [1.82, 2.24) is 9.97 Å². The molecule has 2 rings (SSSR count). The second kappa shape index (κ2) is 17.5. The van der Waals surface area contributed by atoms with Crippen LogP contribution in [0, 0.1) is 5.92 Å². The number of alkyl halides is 1. The molecule has 1 aromatic carbocycles. The van der Waals surface area contributed by atoms with E-state index in [4.69, 9.17) is 4.74 Å². The van der Waals surface area contributed by atoms with Gasteiger partial charge >= 0.3 is 0 Å². The van der Waals surface area contributed by atoms with Gasteiger partial charge in [-0.2, -0.15) is 0 Å². The lowest BCUT2D eigenvalue weighted by Crippen LogP contribution is -2.16.